The minimum Gasteiger partial charge on any atom is -0.481 e. The lowest BCUT2D eigenvalue weighted by Crippen LogP contribution is -2.45. The van der Waals surface area contributed by atoms with Gasteiger partial charge in [0, 0.05) is 22.8 Å². The number of hydrogen-bond donors (Lipinski definition) is 2. The maximum absolute atomic E-state index is 14.0. The number of nitrogens with zero attached hydrogens (tertiary/aromatic N) is 4. The van der Waals surface area contributed by atoms with Crippen LogP contribution in [-0.2, 0) is 11.2 Å². The van der Waals surface area contributed by atoms with Crippen molar-refractivity contribution in [3.63, 3.8) is 0 Å². The highest BCUT2D eigenvalue weighted by Crippen LogP contribution is 2.50. The Bertz CT molecular complexity index is 1490. The van der Waals surface area contributed by atoms with Crippen molar-refractivity contribution in [3.8, 4) is 22.8 Å². The Morgan fingerprint density at radius 1 is 1.19 bits per heavy atom. The predicted octanol–water partition coefficient (Wildman–Crippen LogP) is 5.01. The minimum atomic E-state index is -0.774. The number of aromatic nitrogens is 4. The Kier molecular flexibility index (Phi) is 5.27. The van der Waals surface area contributed by atoms with E-state index in [0.717, 1.165) is 31.9 Å². The lowest BCUT2D eigenvalue weighted by Gasteiger charge is -2.46. The van der Waals surface area contributed by atoms with Gasteiger partial charge in [-0.05, 0) is 68.1 Å². The van der Waals surface area contributed by atoms with Crippen molar-refractivity contribution >= 4 is 22.9 Å². The number of furan rings is 1. The van der Waals surface area contributed by atoms with Gasteiger partial charge in [-0.1, -0.05) is 0 Å². The number of nitro groups is 1. The number of carboxylic acids is 1. The van der Waals surface area contributed by atoms with E-state index in [4.69, 9.17) is 9.40 Å². The van der Waals surface area contributed by atoms with Crippen LogP contribution in [0.1, 0.15) is 31.4 Å². The SMILES string of the molecule is O=C(O)[C@H]1C2CCC(CC2)[C@@H]1Cc1cc(-c2ccc([N+](=O)[O-])o2)nc(-c2c[nH]c3ncc(F)cc23)n1. The first kappa shape index (κ1) is 22.3. The summed E-state index contributed by atoms with van der Waals surface area (Å²) >= 11 is 0. The smallest absolute Gasteiger partial charge is 0.433 e. The number of carbonyl (C=O) groups is 1. The molecular formula is C25H22FN5O5. The fraction of sp³-hybridized carbons (Fsp3) is 0.360. The molecule has 0 saturated heterocycles. The molecule has 0 amide bonds. The normalized spacial score (nSPS) is 23.2. The lowest BCUT2D eigenvalue weighted by atomic mass is 9.57. The second-order valence-corrected chi connectivity index (χ2v) is 9.62. The van der Waals surface area contributed by atoms with Gasteiger partial charge >= 0.3 is 11.9 Å². The largest absolute Gasteiger partial charge is 0.481 e. The molecule has 10 nitrogen and oxygen atoms in total. The van der Waals surface area contributed by atoms with Gasteiger partial charge in [-0.15, -0.1) is 0 Å². The van der Waals surface area contributed by atoms with Gasteiger partial charge < -0.3 is 14.5 Å². The van der Waals surface area contributed by atoms with Crippen molar-refractivity contribution < 1.29 is 23.6 Å². The molecule has 4 aromatic rings. The molecule has 11 heteroatoms. The summed E-state index contributed by atoms with van der Waals surface area (Å²) in [5, 5.41) is 21.6. The molecule has 184 valence electrons. The standard InChI is InChI=1S/C25H22FN5O5/c26-14-7-17-18(11-28-23(17)27-10-14)24-29-15(9-19(30-24)20-5-6-21(36-20)31(34)35)8-16-12-1-3-13(4-2-12)22(16)25(32)33/h5-7,9-13,16,22H,1-4,8H2,(H,27,28)(H,32,33)/t12?,13?,16-,22-/m0/s1. The monoisotopic (exact) mass is 491 g/mol. The van der Waals surface area contributed by atoms with Crippen LogP contribution in [0.25, 0.3) is 33.9 Å². The van der Waals surface area contributed by atoms with E-state index in [1.54, 1.807) is 12.3 Å². The third-order valence-corrected chi connectivity index (χ3v) is 7.66. The summed E-state index contributed by atoms with van der Waals surface area (Å²) in [5.41, 5.74) is 1.92. The van der Waals surface area contributed by atoms with Crippen LogP contribution in [-0.4, -0.2) is 35.9 Å². The molecule has 4 heterocycles. The molecular weight excluding hydrogens is 469 g/mol. The third kappa shape index (κ3) is 3.80. The summed E-state index contributed by atoms with van der Waals surface area (Å²) in [6.07, 6.45) is 7.04. The van der Waals surface area contributed by atoms with Crippen LogP contribution < -0.4 is 0 Å². The number of fused-ring (bicyclic) bond motifs is 4. The van der Waals surface area contributed by atoms with Crippen LogP contribution in [0.2, 0.25) is 0 Å². The van der Waals surface area contributed by atoms with Crippen LogP contribution in [0.4, 0.5) is 10.3 Å². The van der Waals surface area contributed by atoms with Crippen LogP contribution in [0, 0.1) is 39.6 Å². The molecule has 0 radical (unpaired) electrons. The van der Waals surface area contributed by atoms with Crippen LogP contribution in [0.15, 0.2) is 41.1 Å². The maximum Gasteiger partial charge on any atom is 0.433 e. The molecule has 3 aliphatic rings. The fourth-order valence-electron chi connectivity index (χ4n) is 6.07. The summed E-state index contributed by atoms with van der Waals surface area (Å²) < 4.78 is 19.4. The van der Waals surface area contributed by atoms with Gasteiger partial charge in [0.2, 0.25) is 0 Å². The Hall–Kier alpha value is -4.15. The third-order valence-electron chi connectivity index (χ3n) is 7.66. The highest BCUT2D eigenvalue weighted by atomic mass is 19.1. The Labute approximate surface area is 203 Å². The van der Waals surface area contributed by atoms with E-state index in [9.17, 15) is 24.4 Å². The molecule has 3 saturated carbocycles. The van der Waals surface area contributed by atoms with Crippen molar-refractivity contribution in [3.05, 3.63) is 58.3 Å². The van der Waals surface area contributed by atoms with E-state index in [1.165, 1.54) is 18.2 Å². The first-order valence-corrected chi connectivity index (χ1v) is 11.9. The van der Waals surface area contributed by atoms with E-state index < -0.39 is 28.5 Å². The number of rotatable bonds is 6. The van der Waals surface area contributed by atoms with Gasteiger partial charge in [-0.2, -0.15) is 0 Å². The van der Waals surface area contributed by atoms with Crippen LogP contribution in [0.3, 0.4) is 0 Å². The van der Waals surface area contributed by atoms with Crippen molar-refractivity contribution in [2.75, 3.05) is 0 Å². The van der Waals surface area contributed by atoms with E-state index in [2.05, 4.69) is 15.0 Å². The number of H-pyrrole nitrogens is 1. The summed E-state index contributed by atoms with van der Waals surface area (Å²) in [7, 11) is 0. The zero-order chi connectivity index (χ0) is 25.0. The zero-order valence-corrected chi connectivity index (χ0v) is 19.1. The van der Waals surface area contributed by atoms with E-state index in [0.29, 0.717) is 40.3 Å². The number of aromatic amines is 1. The molecule has 36 heavy (non-hydrogen) atoms. The molecule has 3 aliphatic carbocycles. The molecule has 0 unspecified atom stereocenters. The van der Waals surface area contributed by atoms with E-state index in [1.807, 2.05) is 0 Å². The number of carboxylic acid groups (broad SMARTS) is 1. The van der Waals surface area contributed by atoms with Gasteiger partial charge in [0.05, 0.1) is 18.2 Å². The molecule has 2 bridgehead atoms. The van der Waals surface area contributed by atoms with Crippen molar-refractivity contribution in [1.82, 2.24) is 19.9 Å². The molecule has 0 aliphatic heterocycles. The minimum absolute atomic E-state index is 0.0707. The second kappa shape index (κ2) is 8.51. The fourth-order valence-corrected chi connectivity index (χ4v) is 6.07. The Morgan fingerprint density at radius 3 is 2.69 bits per heavy atom. The number of nitrogens with one attached hydrogen (secondary N) is 1. The highest BCUT2D eigenvalue weighted by molar-refractivity contribution is 5.91. The number of aliphatic carboxylic acids is 1. The topological polar surface area (TPSA) is 148 Å². The molecule has 3 fully saturated rings. The average Bonchev–Trinajstić information content (AvgIpc) is 3.52. The molecule has 0 spiro atoms. The maximum atomic E-state index is 14.0. The summed E-state index contributed by atoms with van der Waals surface area (Å²) in [5.74, 6) is -1.28. The zero-order valence-electron chi connectivity index (χ0n) is 19.1. The first-order chi connectivity index (χ1) is 17.4. The van der Waals surface area contributed by atoms with Gasteiger partial charge in [0.25, 0.3) is 0 Å². The Morgan fingerprint density at radius 2 is 1.97 bits per heavy atom. The summed E-state index contributed by atoms with van der Waals surface area (Å²) in [4.78, 5) is 39.1. The molecule has 4 aromatic heterocycles. The van der Waals surface area contributed by atoms with Crippen LogP contribution in [0.5, 0.6) is 0 Å². The van der Waals surface area contributed by atoms with Gasteiger partial charge in [-0.25, -0.2) is 19.3 Å². The van der Waals surface area contributed by atoms with Gasteiger partial charge in [-0.3, -0.25) is 14.9 Å². The van der Waals surface area contributed by atoms with Crippen molar-refractivity contribution in [2.24, 2.45) is 23.7 Å². The number of hydrogen-bond acceptors (Lipinski definition) is 7. The second-order valence-electron chi connectivity index (χ2n) is 9.62. The molecule has 0 aromatic carbocycles. The number of pyridine rings is 1. The summed E-state index contributed by atoms with van der Waals surface area (Å²) in [6, 6.07) is 5.75. The molecule has 7 rings (SSSR count). The highest BCUT2D eigenvalue weighted by Gasteiger charge is 2.47. The average molecular weight is 491 g/mol. The quantitative estimate of drug-likeness (QED) is 0.283. The van der Waals surface area contributed by atoms with Crippen molar-refractivity contribution in [2.45, 2.75) is 32.1 Å². The van der Waals surface area contributed by atoms with Gasteiger partial charge in [0.1, 0.15) is 22.1 Å². The van der Waals surface area contributed by atoms with E-state index in [-0.39, 0.29) is 23.4 Å². The molecule has 2 N–H and O–H groups in total. The number of halogens is 1. The Balaban J connectivity index is 1.46. The lowest BCUT2D eigenvalue weighted by molar-refractivity contribution is -0.401. The van der Waals surface area contributed by atoms with Gasteiger partial charge in [0.15, 0.2) is 11.6 Å². The van der Waals surface area contributed by atoms with E-state index >= 15 is 0 Å². The summed E-state index contributed by atoms with van der Waals surface area (Å²) in [6.45, 7) is 0. The molecule has 2 atom stereocenters. The predicted molar refractivity (Wildman–Crippen MR) is 125 cm³/mol. The van der Waals surface area contributed by atoms with Crippen LogP contribution >= 0.6 is 0 Å². The van der Waals surface area contributed by atoms with Crippen molar-refractivity contribution in [1.29, 1.82) is 0 Å². The first-order valence-electron chi connectivity index (χ1n) is 11.9.